The van der Waals surface area contributed by atoms with E-state index in [2.05, 4.69) is 225 Å². The Labute approximate surface area is 358 Å². The van der Waals surface area contributed by atoms with Crippen LogP contribution in [0.1, 0.15) is 78.0 Å². The Morgan fingerprint density at radius 3 is 1.83 bits per heavy atom. The van der Waals surface area contributed by atoms with Crippen LogP contribution in [0.3, 0.4) is 0 Å². The first-order chi connectivity index (χ1) is 29.7. The van der Waals surface area contributed by atoms with E-state index in [1.54, 1.807) is 0 Å². The molecule has 1 unspecified atom stereocenters. The van der Waals surface area contributed by atoms with E-state index in [-0.39, 0.29) is 11.3 Å². The molecule has 0 amide bonds. The summed E-state index contributed by atoms with van der Waals surface area (Å²) in [5.74, 6) is 0.155. The maximum absolute atomic E-state index is 4.16. The summed E-state index contributed by atoms with van der Waals surface area (Å²) in [7, 11) is 0. The summed E-state index contributed by atoms with van der Waals surface area (Å²) in [6.45, 7) is 10.3. The first-order valence-electron chi connectivity index (χ1n) is 21.7. The van der Waals surface area contributed by atoms with Crippen molar-refractivity contribution in [2.45, 2.75) is 57.8 Å². The monoisotopic (exact) mass is 777 g/mol. The molecule has 1 heteroatoms. The van der Waals surface area contributed by atoms with Crippen molar-refractivity contribution in [3.63, 3.8) is 0 Å². The molecule has 6 aromatic carbocycles. The Morgan fingerprint density at radius 2 is 1.22 bits per heavy atom. The number of para-hydroxylation sites is 1. The average molecular weight is 778 g/mol. The molecule has 0 N–H and O–H groups in total. The fourth-order valence-electron chi connectivity index (χ4n) is 9.57. The zero-order valence-corrected chi connectivity index (χ0v) is 35.3. The minimum Gasteiger partial charge on any atom is -0.310 e. The van der Waals surface area contributed by atoms with Gasteiger partial charge in [-0.15, -0.1) is 0 Å². The standard InChI is InChI=1S/C51H41N.C6H8.C2H6/c1-3-17-38(21-15-20-37-18-5-4-6-19-37)52(39-34-32-36(2)33-35-39)49-31-14-10-24-42(49)43-26-16-30-48-50(43)44-25-9-13-29-47(44)51(48)45-27-11-7-22-40(45)41-23-8-12-28-46(41)51;1-2-4-6-5-3-1;1-2/h3-19,21-25,27-35,43H,1,20,26H2,2H3;1-4H,5-6H2;1-2H3/b21-15-,38-17+;;. The number of fused-ring (bicyclic) bond motifs is 9. The highest BCUT2D eigenvalue weighted by Gasteiger charge is 2.53. The minimum atomic E-state index is -0.353. The van der Waals surface area contributed by atoms with E-state index in [0.717, 1.165) is 24.2 Å². The lowest BCUT2D eigenvalue weighted by Crippen LogP contribution is -2.27. The topological polar surface area (TPSA) is 3.24 Å². The molecule has 0 radical (unpaired) electrons. The number of allylic oxidation sites excluding steroid dienone is 12. The molecule has 0 bridgehead atoms. The lowest BCUT2D eigenvalue weighted by molar-refractivity contribution is 0.771. The number of benzene rings is 6. The number of anilines is 2. The predicted octanol–water partition coefficient (Wildman–Crippen LogP) is 15.7. The van der Waals surface area contributed by atoms with Crippen molar-refractivity contribution in [3.8, 4) is 11.1 Å². The Kier molecular flexibility index (Phi) is 12.3. The van der Waals surface area contributed by atoms with Gasteiger partial charge in [0.15, 0.2) is 0 Å². The van der Waals surface area contributed by atoms with Crippen LogP contribution >= 0.6 is 0 Å². The van der Waals surface area contributed by atoms with Crippen molar-refractivity contribution in [1.82, 2.24) is 0 Å². The first-order valence-corrected chi connectivity index (χ1v) is 21.7. The Morgan fingerprint density at radius 1 is 0.650 bits per heavy atom. The quantitative estimate of drug-likeness (QED) is 0.139. The van der Waals surface area contributed by atoms with Crippen molar-refractivity contribution in [3.05, 3.63) is 269 Å². The van der Waals surface area contributed by atoms with Gasteiger partial charge in [-0.05, 0) is 119 Å². The second-order valence-electron chi connectivity index (χ2n) is 15.5. The van der Waals surface area contributed by atoms with E-state index >= 15 is 0 Å². The molecule has 296 valence electrons. The summed E-state index contributed by atoms with van der Waals surface area (Å²) in [6, 6.07) is 55.9. The SMILES string of the molecule is C1=CCCC=C1.C=C/C=C(\C=C/Cc1ccccc1)N(c1ccc(C)cc1)c1ccccc1C1CC=CC2=C1c1ccccc1C21c2ccccc2-c2ccccc21.CC. The van der Waals surface area contributed by atoms with Crippen LogP contribution in [-0.4, -0.2) is 0 Å². The van der Waals surface area contributed by atoms with Crippen LogP contribution in [0.15, 0.2) is 230 Å². The summed E-state index contributed by atoms with van der Waals surface area (Å²) in [5.41, 5.74) is 17.9. The highest BCUT2D eigenvalue weighted by atomic mass is 15.1. The van der Waals surface area contributed by atoms with Gasteiger partial charge >= 0.3 is 0 Å². The molecule has 1 nitrogen and oxygen atoms in total. The molecule has 4 aliphatic carbocycles. The Hall–Kier alpha value is -6.70. The second kappa shape index (κ2) is 18.5. The highest BCUT2D eigenvalue weighted by molar-refractivity contribution is 5.98. The van der Waals surface area contributed by atoms with Crippen molar-refractivity contribution in [2.75, 3.05) is 4.90 Å². The number of aryl methyl sites for hydroxylation is 1. The Balaban J connectivity index is 0.000000568. The van der Waals surface area contributed by atoms with Crippen molar-refractivity contribution < 1.29 is 0 Å². The van der Waals surface area contributed by atoms with Crippen LogP contribution in [0.25, 0.3) is 16.7 Å². The third kappa shape index (κ3) is 7.42. The molecule has 0 fully saturated rings. The molecule has 0 aromatic heterocycles. The maximum Gasteiger partial charge on any atom is 0.0722 e. The normalized spacial score (nSPS) is 16.2. The van der Waals surface area contributed by atoms with Crippen LogP contribution in [0, 0.1) is 6.92 Å². The van der Waals surface area contributed by atoms with E-state index in [1.807, 2.05) is 19.9 Å². The number of rotatable bonds is 8. The van der Waals surface area contributed by atoms with E-state index in [1.165, 1.54) is 79.7 Å². The molecule has 0 saturated heterocycles. The van der Waals surface area contributed by atoms with Crippen LogP contribution < -0.4 is 4.90 Å². The molecule has 10 rings (SSSR count). The molecule has 1 spiro atoms. The van der Waals surface area contributed by atoms with E-state index in [4.69, 9.17) is 0 Å². The lowest BCUT2D eigenvalue weighted by Gasteiger charge is -2.34. The largest absolute Gasteiger partial charge is 0.310 e. The molecule has 60 heavy (non-hydrogen) atoms. The highest BCUT2D eigenvalue weighted by Crippen LogP contribution is 2.65. The summed E-state index contributed by atoms with van der Waals surface area (Å²) in [4.78, 5) is 2.42. The molecule has 0 aliphatic heterocycles. The van der Waals surface area contributed by atoms with Crippen molar-refractivity contribution >= 4 is 16.9 Å². The summed E-state index contributed by atoms with van der Waals surface area (Å²) in [6.07, 6.45) is 26.2. The van der Waals surface area contributed by atoms with Gasteiger partial charge in [-0.3, -0.25) is 0 Å². The third-order valence-corrected chi connectivity index (χ3v) is 12.0. The van der Waals surface area contributed by atoms with Gasteiger partial charge in [0.2, 0.25) is 0 Å². The third-order valence-electron chi connectivity index (χ3n) is 12.0. The first kappa shape index (κ1) is 40.1. The number of hydrogen-bond acceptors (Lipinski definition) is 1. The van der Waals surface area contributed by atoms with Gasteiger partial charge in [0.25, 0.3) is 0 Å². The molecular formula is C59H55N. The fourth-order valence-corrected chi connectivity index (χ4v) is 9.57. The number of nitrogens with zero attached hydrogens (tertiary/aromatic N) is 1. The molecule has 0 heterocycles. The van der Waals surface area contributed by atoms with Gasteiger partial charge in [0.05, 0.1) is 5.41 Å². The Bertz CT molecular complexity index is 2580. The minimum absolute atomic E-state index is 0.155. The zero-order valence-electron chi connectivity index (χ0n) is 35.3. The molecule has 4 aliphatic rings. The molecule has 0 saturated carbocycles. The van der Waals surface area contributed by atoms with Gasteiger partial charge in [-0.1, -0.05) is 208 Å². The number of hydrogen-bond donors (Lipinski definition) is 0. The summed E-state index contributed by atoms with van der Waals surface area (Å²) >= 11 is 0. The molecule has 6 aromatic rings. The van der Waals surface area contributed by atoms with Gasteiger partial charge in [0, 0.05) is 23.0 Å². The van der Waals surface area contributed by atoms with E-state index < -0.39 is 0 Å². The maximum atomic E-state index is 4.16. The van der Waals surface area contributed by atoms with Gasteiger partial charge in [-0.2, -0.15) is 0 Å². The van der Waals surface area contributed by atoms with Gasteiger partial charge in [0.1, 0.15) is 0 Å². The van der Waals surface area contributed by atoms with Crippen LogP contribution in [0.5, 0.6) is 0 Å². The smallest absolute Gasteiger partial charge is 0.0722 e. The van der Waals surface area contributed by atoms with E-state index in [9.17, 15) is 0 Å². The van der Waals surface area contributed by atoms with Crippen LogP contribution in [-0.2, 0) is 11.8 Å². The average Bonchev–Trinajstić information content (AvgIpc) is 3.79. The van der Waals surface area contributed by atoms with Gasteiger partial charge in [-0.25, -0.2) is 0 Å². The van der Waals surface area contributed by atoms with Crippen molar-refractivity contribution in [2.24, 2.45) is 0 Å². The predicted molar refractivity (Wildman–Crippen MR) is 258 cm³/mol. The zero-order chi connectivity index (χ0) is 41.3. The summed E-state index contributed by atoms with van der Waals surface area (Å²) < 4.78 is 0. The van der Waals surface area contributed by atoms with Crippen LogP contribution in [0.4, 0.5) is 11.4 Å². The molecule has 1 atom stereocenters. The molecular weight excluding hydrogens is 723 g/mol. The van der Waals surface area contributed by atoms with Crippen LogP contribution in [0.2, 0.25) is 0 Å². The van der Waals surface area contributed by atoms with Crippen molar-refractivity contribution in [1.29, 1.82) is 0 Å². The van der Waals surface area contributed by atoms with Gasteiger partial charge < -0.3 is 4.90 Å². The fraction of sp³-hybridized carbons (Fsp3) is 0.153. The second-order valence-corrected chi connectivity index (χ2v) is 15.5. The summed E-state index contributed by atoms with van der Waals surface area (Å²) in [5, 5.41) is 0. The lowest BCUT2D eigenvalue weighted by atomic mass is 9.68. The van der Waals surface area contributed by atoms with E-state index in [0.29, 0.717) is 0 Å².